The highest BCUT2D eigenvalue weighted by atomic mass is 16.7. The molecule has 20 heavy (non-hydrogen) atoms. The summed E-state index contributed by atoms with van der Waals surface area (Å²) in [6.07, 6.45) is -8.63. The quantitative estimate of drug-likeness (QED) is 0.258. The average molecular weight is 298 g/mol. The molecule has 0 aliphatic carbocycles. The van der Waals surface area contributed by atoms with Crippen molar-refractivity contribution in [1.29, 1.82) is 0 Å². The van der Waals surface area contributed by atoms with E-state index in [1.54, 1.807) is 0 Å². The van der Waals surface area contributed by atoms with Crippen molar-refractivity contribution < 1.29 is 45.2 Å². The molecule has 0 amide bonds. The van der Waals surface area contributed by atoms with Gasteiger partial charge in [0.25, 0.3) is 0 Å². The standard InChI is InChI=1S/C11H22O9/c1-11(18,4-13)6(14)3-19-10-9(17)8(16)7(15)5(2-12)20-10/h5-10,12-18H,2-4H2,1H3/t5-,6+,7-,8+,9-,10-,11-/m1/s1. The molecule has 1 aliphatic rings. The van der Waals surface area contributed by atoms with E-state index in [2.05, 4.69) is 0 Å². The molecule has 0 unspecified atom stereocenters. The molecule has 1 heterocycles. The second-order valence-electron chi connectivity index (χ2n) is 5.06. The third-order valence-corrected chi connectivity index (χ3v) is 3.30. The molecule has 0 bridgehead atoms. The van der Waals surface area contributed by atoms with Gasteiger partial charge in [0, 0.05) is 0 Å². The molecule has 1 rings (SSSR count). The van der Waals surface area contributed by atoms with Crippen molar-refractivity contribution >= 4 is 0 Å². The first-order chi connectivity index (χ1) is 9.24. The molecular weight excluding hydrogens is 276 g/mol. The van der Waals surface area contributed by atoms with E-state index >= 15 is 0 Å². The van der Waals surface area contributed by atoms with Gasteiger partial charge in [-0.3, -0.25) is 0 Å². The minimum atomic E-state index is -1.80. The van der Waals surface area contributed by atoms with Crippen LogP contribution in [-0.4, -0.2) is 98.0 Å². The van der Waals surface area contributed by atoms with Crippen LogP contribution in [0.3, 0.4) is 0 Å². The van der Waals surface area contributed by atoms with Crippen LogP contribution in [0.15, 0.2) is 0 Å². The summed E-state index contributed by atoms with van der Waals surface area (Å²) in [7, 11) is 0. The van der Waals surface area contributed by atoms with E-state index in [0.717, 1.165) is 0 Å². The summed E-state index contributed by atoms with van der Waals surface area (Å²) >= 11 is 0. The molecule has 1 saturated heterocycles. The Morgan fingerprint density at radius 1 is 1.15 bits per heavy atom. The largest absolute Gasteiger partial charge is 0.394 e. The third-order valence-electron chi connectivity index (χ3n) is 3.30. The molecule has 0 spiro atoms. The molecule has 0 aromatic heterocycles. The molecule has 0 radical (unpaired) electrons. The normalized spacial score (nSPS) is 39.3. The lowest BCUT2D eigenvalue weighted by Crippen LogP contribution is -2.59. The average Bonchev–Trinajstić information content (AvgIpc) is 2.43. The fourth-order valence-corrected chi connectivity index (χ4v) is 1.68. The van der Waals surface area contributed by atoms with Crippen LogP contribution in [0.5, 0.6) is 0 Å². The molecule has 1 aliphatic heterocycles. The Bertz CT molecular complexity index is 296. The summed E-state index contributed by atoms with van der Waals surface area (Å²) in [6.45, 7) is -0.599. The van der Waals surface area contributed by atoms with Crippen molar-refractivity contribution in [2.45, 2.75) is 49.3 Å². The van der Waals surface area contributed by atoms with Crippen LogP contribution in [-0.2, 0) is 9.47 Å². The monoisotopic (exact) mass is 298 g/mol. The van der Waals surface area contributed by atoms with E-state index in [0.29, 0.717) is 0 Å². The first-order valence-electron chi connectivity index (χ1n) is 6.18. The number of hydrogen-bond acceptors (Lipinski definition) is 9. The van der Waals surface area contributed by atoms with Crippen LogP contribution >= 0.6 is 0 Å². The van der Waals surface area contributed by atoms with E-state index < -0.39 is 62.2 Å². The summed E-state index contributed by atoms with van der Waals surface area (Å²) in [5.74, 6) is 0. The highest BCUT2D eigenvalue weighted by Crippen LogP contribution is 2.22. The molecule has 0 aromatic rings. The number of aliphatic hydroxyl groups excluding tert-OH is 6. The number of aliphatic hydroxyl groups is 7. The van der Waals surface area contributed by atoms with Gasteiger partial charge >= 0.3 is 0 Å². The van der Waals surface area contributed by atoms with Gasteiger partial charge in [-0.15, -0.1) is 0 Å². The Labute approximate surface area is 115 Å². The highest BCUT2D eigenvalue weighted by Gasteiger charge is 2.44. The van der Waals surface area contributed by atoms with Gasteiger partial charge in [-0.05, 0) is 6.92 Å². The maximum absolute atomic E-state index is 9.66. The van der Waals surface area contributed by atoms with Gasteiger partial charge in [-0.2, -0.15) is 0 Å². The first kappa shape index (κ1) is 17.7. The van der Waals surface area contributed by atoms with Crippen LogP contribution in [0, 0.1) is 0 Å². The van der Waals surface area contributed by atoms with E-state index in [-0.39, 0.29) is 0 Å². The number of hydrogen-bond donors (Lipinski definition) is 7. The topological polar surface area (TPSA) is 160 Å². The Morgan fingerprint density at radius 3 is 2.25 bits per heavy atom. The zero-order valence-electron chi connectivity index (χ0n) is 11.0. The second kappa shape index (κ2) is 7.07. The Morgan fingerprint density at radius 2 is 1.75 bits per heavy atom. The molecule has 1 fully saturated rings. The van der Waals surface area contributed by atoms with E-state index in [9.17, 15) is 25.5 Å². The number of ether oxygens (including phenoxy) is 2. The predicted molar refractivity (Wildman–Crippen MR) is 63.4 cm³/mol. The highest BCUT2D eigenvalue weighted by molar-refractivity contribution is 4.89. The van der Waals surface area contributed by atoms with Gasteiger partial charge in [-0.1, -0.05) is 0 Å². The van der Waals surface area contributed by atoms with Gasteiger partial charge in [0.2, 0.25) is 0 Å². The lowest BCUT2D eigenvalue weighted by atomic mass is 9.99. The Kier molecular flexibility index (Phi) is 6.25. The zero-order chi connectivity index (χ0) is 15.5. The summed E-state index contributed by atoms with van der Waals surface area (Å²) in [5.41, 5.74) is -1.80. The van der Waals surface area contributed by atoms with Crippen LogP contribution in [0.1, 0.15) is 6.92 Å². The van der Waals surface area contributed by atoms with E-state index in [1.807, 2.05) is 0 Å². The zero-order valence-corrected chi connectivity index (χ0v) is 11.0. The van der Waals surface area contributed by atoms with Crippen molar-refractivity contribution in [1.82, 2.24) is 0 Å². The molecular formula is C11H22O9. The minimum absolute atomic E-state index is 0.490. The summed E-state index contributed by atoms with van der Waals surface area (Å²) < 4.78 is 10.1. The van der Waals surface area contributed by atoms with E-state index in [1.165, 1.54) is 6.92 Å². The van der Waals surface area contributed by atoms with Gasteiger partial charge in [0.1, 0.15) is 36.1 Å². The molecule has 0 saturated carbocycles. The number of rotatable bonds is 6. The second-order valence-corrected chi connectivity index (χ2v) is 5.06. The summed E-state index contributed by atoms with van der Waals surface area (Å²) in [6, 6.07) is 0. The maximum Gasteiger partial charge on any atom is 0.186 e. The van der Waals surface area contributed by atoms with E-state index in [4.69, 9.17) is 19.7 Å². The first-order valence-corrected chi connectivity index (χ1v) is 6.18. The molecule has 7 atom stereocenters. The Hall–Kier alpha value is -0.360. The Balaban J connectivity index is 2.58. The van der Waals surface area contributed by atoms with Crippen LogP contribution in [0.25, 0.3) is 0 Å². The van der Waals surface area contributed by atoms with Gasteiger partial charge in [-0.25, -0.2) is 0 Å². The van der Waals surface area contributed by atoms with Crippen LogP contribution in [0.4, 0.5) is 0 Å². The summed E-state index contributed by atoms with van der Waals surface area (Å²) in [4.78, 5) is 0. The van der Waals surface area contributed by atoms with Crippen molar-refractivity contribution in [3.8, 4) is 0 Å². The van der Waals surface area contributed by atoms with Crippen LogP contribution < -0.4 is 0 Å². The maximum atomic E-state index is 9.66. The van der Waals surface area contributed by atoms with Crippen molar-refractivity contribution in [3.63, 3.8) is 0 Å². The molecule has 7 N–H and O–H groups in total. The fraction of sp³-hybridized carbons (Fsp3) is 1.00. The van der Waals surface area contributed by atoms with Gasteiger partial charge in [0.05, 0.1) is 19.8 Å². The van der Waals surface area contributed by atoms with Crippen molar-refractivity contribution in [2.75, 3.05) is 19.8 Å². The molecule has 9 heteroatoms. The van der Waals surface area contributed by atoms with Gasteiger partial charge in [0.15, 0.2) is 6.29 Å². The SMILES string of the molecule is C[C@@](O)(CO)[C@@H](O)CO[C@@H]1O[C@H](CO)[C@@H](O)[C@H](O)[C@H]1O. The van der Waals surface area contributed by atoms with Crippen molar-refractivity contribution in [2.24, 2.45) is 0 Å². The molecule has 9 nitrogen and oxygen atoms in total. The fourth-order valence-electron chi connectivity index (χ4n) is 1.68. The molecule has 0 aromatic carbocycles. The minimum Gasteiger partial charge on any atom is -0.394 e. The predicted octanol–water partition coefficient (Wildman–Crippen LogP) is -4.09. The van der Waals surface area contributed by atoms with Crippen LogP contribution in [0.2, 0.25) is 0 Å². The lowest BCUT2D eigenvalue weighted by molar-refractivity contribution is -0.307. The lowest BCUT2D eigenvalue weighted by Gasteiger charge is -2.40. The summed E-state index contributed by atoms with van der Waals surface area (Å²) in [5, 5.41) is 65.7. The third kappa shape index (κ3) is 3.85. The van der Waals surface area contributed by atoms with Gasteiger partial charge < -0.3 is 45.2 Å². The van der Waals surface area contributed by atoms with Crippen molar-refractivity contribution in [3.05, 3.63) is 0 Å². The molecule has 120 valence electrons. The smallest absolute Gasteiger partial charge is 0.186 e.